The number of ether oxygens (including phenoxy) is 2. The normalized spacial score (nSPS) is 10.5. The highest BCUT2D eigenvalue weighted by molar-refractivity contribution is 5.97. The number of amides is 2. The Balaban J connectivity index is 1.61. The van der Waals surface area contributed by atoms with E-state index in [1.165, 1.54) is 13.3 Å². The fourth-order valence-electron chi connectivity index (χ4n) is 3.30. The minimum absolute atomic E-state index is 0.0516. The average molecular weight is 491 g/mol. The molecule has 3 rings (SSSR count). The second kappa shape index (κ2) is 12.3. The summed E-state index contributed by atoms with van der Waals surface area (Å²) in [4.78, 5) is 40.4. The number of methoxy groups -OCH3 is 1. The molecule has 0 fully saturated rings. The third-order valence-corrected chi connectivity index (χ3v) is 5.08. The van der Waals surface area contributed by atoms with Crippen molar-refractivity contribution in [2.45, 2.75) is 39.8 Å². The predicted octanol–water partition coefficient (Wildman–Crippen LogP) is 5.40. The van der Waals surface area contributed by atoms with E-state index in [4.69, 9.17) is 9.47 Å². The van der Waals surface area contributed by atoms with Crippen LogP contribution in [0.4, 0.5) is 16.2 Å². The Kier molecular flexibility index (Phi) is 8.99. The molecule has 0 aliphatic carbocycles. The lowest BCUT2D eigenvalue weighted by Crippen LogP contribution is -2.29. The third-order valence-electron chi connectivity index (χ3n) is 5.08. The highest BCUT2D eigenvalue weighted by atomic mass is 16.5. The van der Waals surface area contributed by atoms with Crippen molar-refractivity contribution in [3.05, 3.63) is 77.6 Å². The van der Waals surface area contributed by atoms with Crippen LogP contribution in [0.1, 0.15) is 53.6 Å². The Morgan fingerprint density at radius 3 is 2.36 bits per heavy atom. The maximum absolute atomic E-state index is 12.6. The number of carbonyl (C=O) groups is 3. The first kappa shape index (κ1) is 26.2. The van der Waals surface area contributed by atoms with Crippen LogP contribution in [-0.2, 0) is 11.3 Å². The van der Waals surface area contributed by atoms with Crippen LogP contribution in [0.5, 0.6) is 11.5 Å². The topological polar surface area (TPSA) is 119 Å². The van der Waals surface area contributed by atoms with Gasteiger partial charge in [0.1, 0.15) is 17.2 Å². The van der Waals surface area contributed by atoms with Crippen LogP contribution in [0.15, 0.2) is 60.8 Å². The number of urea groups is 1. The number of aromatic nitrogens is 1. The zero-order chi connectivity index (χ0) is 26.1. The number of benzene rings is 2. The fraction of sp³-hybridized carbons (Fsp3) is 0.259. The van der Waals surface area contributed by atoms with Crippen molar-refractivity contribution < 1.29 is 23.9 Å². The van der Waals surface area contributed by atoms with E-state index in [2.05, 4.69) is 20.9 Å². The molecule has 0 aliphatic heterocycles. The Morgan fingerprint density at radius 1 is 0.944 bits per heavy atom. The van der Waals surface area contributed by atoms with Gasteiger partial charge in [-0.2, -0.15) is 0 Å². The van der Waals surface area contributed by atoms with E-state index >= 15 is 0 Å². The number of ketones is 1. The lowest BCUT2D eigenvalue weighted by Gasteiger charge is -2.17. The van der Waals surface area contributed by atoms with Crippen LogP contribution in [0.2, 0.25) is 0 Å². The van der Waals surface area contributed by atoms with E-state index in [0.717, 1.165) is 5.56 Å². The molecule has 1 heterocycles. The summed E-state index contributed by atoms with van der Waals surface area (Å²) in [5, 5.41) is 8.84. The van der Waals surface area contributed by atoms with Gasteiger partial charge in [0.15, 0.2) is 5.78 Å². The van der Waals surface area contributed by atoms with Crippen molar-refractivity contribution >= 4 is 29.2 Å². The quantitative estimate of drug-likeness (QED) is 0.257. The van der Waals surface area contributed by atoms with E-state index < -0.39 is 12.0 Å². The van der Waals surface area contributed by atoms with Crippen LogP contribution < -0.4 is 20.7 Å². The Hall–Kier alpha value is -4.40. The van der Waals surface area contributed by atoms with Gasteiger partial charge in [0.25, 0.3) is 0 Å². The van der Waals surface area contributed by atoms with Gasteiger partial charge in [-0.3, -0.25) is 9.78 Å². The van der Waals surface area contributed by atoms with Gasteiger partial charge < -0.3 is 25.4 Å². The summed E-state index contributed by atoms with van der Waals surface area (Å²) in [5.74, 6) is 0.571. The monoisotopic (exact) mass is 490 g/mol. The molecule has 0 atom stereocenters. The van der Waals surface area contributed by atoms with Crippen molar-refractivity contribution in [1.82, 2.24) is 10.3 Å². The summed E-state index contributed by atoms with van der Waals surface area (Å²) in [7, 11) is 1.31. The first-order valence-corrected chi connectivity index (χ1v) is 11.6. The van der Waals surface area contributed by atoms with E-state index in [1.54, 1.807) is 49.4 Å². The molecule has 0 aliphatic rings. The second-order valence-electron chi connectivity index (χ2n) is 8.26. The summed E-state index contributed by atoms with van der Waals surface area (Å²) in [6.07, 6.45) is 1.91. The van der Waals surface area contributed by atoms with Gasteiger partial charge in [-0.25, -0.2) is 9.59 Å². The molecule has 3 aromatic rings. The molecule has 188 valence electrons. The molecular weight excluding hydrogens is 460 g/mol. The number of rotatable bonds is 10. The van der Waals surface area contributed by atoms with E-state index in [0.29, 0.717) is 40.6 Å². The number of hydrogen-bond acceptors (Lipinski definition) is 7. The minimum Gasteiger partial charge on any atom is -0.465 e. The van der Waals surface area contributed by atoms with Crippen LogP contribution in [0.25, 0.3) is 0 Å². The Bertz CT molecular complexity index is 1230. The maximum Gasteiger partial charge on any atom is 0.337 e. The SMILES string of the molecule is CCC(=O)c1cc(Oc2ccc(CNC(=O)Nc3cc(C(=O)OC)ccc3NC(C)C)cc2)ccn1. The molecule has 3 N–H and O–H groups in total. The smallest absolute Gasteiger partial charge is 0.337 e. The van der Waals surface area contributed by atoms with Gasteiger partial charge in [0.2, 0.25) is 0 Å². The molecule has 2 amide bonds. The van der Waals surface area contributed by atoms with Crippen LogP contribution in [-0.4, -0.2) is 35.9 Å². The summed E-state index contributed by atoms with van der Waals surface area (Å²) < 4.78 is 10.6. The third kappa shape index (κ3) is 7.30. The Morgan fingerprint density at radius 2 is 1.69 bits per heavy atom. The van der Waals surface area contributed by atoms with Crippen molar-refractivity contribution in [3.63, 3.8) is 0 Å². The Labute approximate surface area is 210 Å². The van der Waals surface area contributed by atoms with Gasteiger partial charge in [-0.05, 0) is 55.8 Å². The number of anilines is 2. The maximum atomic E-state index is 12.6. The molecule has 36 heavy (non-hydrogen) atoms. The van der Waals surface area contributed by atoms with Crippen molar-refractivity contribution in [2.75, 3.05) is 17.7 Å². The lowest BCUT2D eigenvalue weighted by atomic mass is 10.1. The highest BCUT2D eigenvalue weighted by Crippen LogP contribution is 2.25. The van der Waals surface area contributed by atoms with Gasteiger partial charge in [-0.15, -0.1) is 0 Å². The van der Waals surface area contributed by atoms with Crippen LogP contribution >= 0.6 is 0 Å². The molecule has 2 aromatic carbocycles. The van der Waals surface area contributed by atoms with E-state index in [1.807, 2.05) is 26.0 Å². The molecule has 0 saturated heterocycles. The number of pyridine rings is 1. The second-order valence-corrected chi connectivity index (χ2v) is 8.26. The number of hydrogen-bond donors (Lipinski definition) is 3. The largest absolute Gasteiger partial charge is 0.465 e. The predicted molar refractivity (Wildman–Crippen MR) is 138 cm³/mol. The minimum atomic E-state index is -0.489. The molecule has 0 unspecified atom stereocenters. The van der Waals surface area contributed by atoms with Gasteiger partial charge in [0.05, 0.1) is 24.0 Å². The molecule has 0 radical (unpaired) electrons. The van der Waals surface area contributed by atoms with Gasteiger partial charge in [-0.1, -0.05) is 19.1 Å². The summed E-state index contributed by atoms with van der Waals surface area (Å²) >= 11 is 0. The van der Waals surface area contributed by atoms with Crippen molar-refractivity contribution in [1.29, 1.82) is 0 Å². The molecule has 9 heteroatoms. The zero-order valence-electron chi connectivity index (χ0n) is 20.8. The summed E-state index contributed by atoms with van der Waals surface area (Å²) in [6.45, 7) is 6.01. The zero-order valence-corrected chi connectivity index (χ0v) is 20.8. The molecule has 0 spiro atoms. The fourth-order valence-corrected chi connectivity index (χ4v) is 3.30. The number of Topliss-reactive ketones (excluding diaryl/α,β-unsaturated/α-hetero) is 1. The first-order valence-electron chi connectivity index (χ1n) is 11.6. The molecule has 0 saturated carbocycles. The molecule has 1 aromatic heterocycles. The number of esters is 1. The van der Waals surface area contributed by atoms with E-state index in [-0.39, 0.29) is 18.4 Å². The highest BCUT2D eigenvalue weighted by Gasteiger charge is 2.13. The lowest BCUT2D eigenvalue weighted by molar-refractivity contribution is 0.0600. The number of carbonyl (C=O) groups excluding carboxylic acids is 3. The summed E-state index contributed by atoms with van der Waals surface area (Å²) in [6, 6.07) is 15.2. The number of nitrogens with zero attached hydrogens (tertiary/aromatic N) is 1. The summed E-state index contributed by atoms with van der Waals surface area (Å²) in [5.41, 5.74) is 2.71. The molecule has 9 nitrogen and oxygen atoms in total. The van der Waals surface area contributed by atoms with Gasteiger partial charge in [0, 0.05) is 31.3 Å². The number of nitrogens with one attached hydrogen (secondary N) is 3. The van der Waals surface area contributed by atoms with Crippen molar-refractivity contribution in [2.24, 2.45) is 0 Å². The average Bonchev–Trinajstić information content (AvgIpc) is 2.88. The van der Waals surface area contributed by atoms with E-state index in [9.17, 15) is 14.4 Å². The first-order chi connectivity index (χ1) is 17.3. The van der Waals surface area contributed by atoms with Crippen LogP contribution in [0, 0.1) is 0 Å². The standard InChI is InChI=1S/C27H30N4O5/c1-5-25(32)24-15-21(12-13-28-24)36-20-9-6-18(7-10-20)16-29-27(34)31-23-14-19(26(33)35-4)8-11-22(23)30-17(2)3/h6-15,17,30H,5,16H2,1-4H3,(H2,29,31,34). The molecule has 0 bridgehead atoms. The molecular formula is C27H30N4O5. The van der Waals surface area contributed by atoms with Crippen LogP contribution in [0.3, 0.4) is 0 Å². The van der Waals surface area contributed by atoms with Crippen molar-refractivity contribution in [3.8, 4) is 11.5 Å². The van der Waals surface area contributed by atoms with Gasteiger partial charge >= 0.3 is 12.0 Å².